The normalized spacial score (nSPS) is 34.3. The highest BCUT2D eigenvalue weighted by molar-refractivity contribution is 4.68. The first kappa shape index (κ1) is 10.4. The van der Waals surface area contributed by atoms with Gasteiger partial charge in [-0.3, -0.25) is 0 Å². The Labute approximate surface area is 86.2 Å². The Balaban J connectivity index is 1.60. The molecule has 14 heavy (non-hydrogen) atoms. The minimum atomic E-state index is 0.0886. The van der Waals surface area contributed by atoms with Gasteiger partial charge in [-0.1, -0.05) is 0 Å². The van der Waals surface area contributed by atoms with Crippen molar-refractivity contribution < 1.29 is 9.47 Å². The second-order valence-corrected chi connectivity index (χ2v) is 4.34. The molecular formula is C11H21NO2. The Kier molecular flexibility index (Phi) is 4.22. The summed E-state index contributed by atoms with van der Waals surface area (Å²) in [7, 11) is 0. The van der Waals surface area contributed by atoms with Gasteiger partial charge in [0.15, 0.2) is 6.29 Å². The summed E-state index contributed by atoms with van der Waals surface area (Å²) in [4.78, 5) is 0. The highest BCUT2D eigenvalue weighted by atomic mass is 16.7. The molecule has 0 spiro atoms. The third-order valence-corrected chi connectivity index (χ3v) is 3.05. The third kappa shape index (κ3) is 3.23. The van der Waals surface area contributed by atoms with E-state index in [9.17, 15) is 0 Å². The lowest BCUT2D eigenvalue weighted by Crippen LogP contribution is -2.34. The van der Waals surface area contributed by atoms with E-state index in [1.165, 1.54) is 32.2 Å². The summed E-state index contributed by atoms with van der Waals surface area (Å²) in [5.41, 5.74) is 0. The van der Waals surface area contributed by atoms with Crippen molar-refractivity contribution >= 4 is 0 Å². The van der Waals surface area contributed by atoms with Crippen LogP contribution < -0.4 is 5.32 Å². The molecule has 2 rings (SSSR count). The first-order chi connectivity index (χ1) is 6.95. The number of hydrogen-bond donors (Lipinski definition) is 1. The highest BCUT2D eigenvalue weighted by Gasteiger charge is 2.18. The molecule has 0 radical (unpaired) electrons. The Morgan fingerprint density at radius 1 is 1.21 bits per heavy atom. The van der Waals surface area contributed by atoms with Crippen LogP contribution in [0.3, 0.4) is 0 Å². The van der Waals surface area contributed by atoms with Gasteiger partial charge in [0.25, 0.3) is 0 Å². The molecule has 2 fully saturated rings. The lowest BCUT2D eigenvalue weighted by Gasteiger charge is -2.27. The van der Waals surface area contributed by atoms with Crippen molar-refractivity contribution in [2.45, 2.75) is 38.4 Å². The summed E-state index contributed by atoms with van der Waals surface area (Å²) in [5, 5.41) is 3.40. The van der Waals surface area contributed by atoms with E-state index in [2.05, 4.69) is 5.32 Å². The smallest absolute Gasteiger partial charge is 0.157 e. The molecule has 2 aliphatic rings. The molecule has 2 saturated heterocycles. The fraction of sp³-hybridized carbons (Fsp3) is 1.00. The standard InChI is InChI=1S/C11H21NO2/c1-2-7-13-11(5-1)14-9-10-4-3-6-12-8-10/h10-12H,1-9H2. The summed E-state index contributed by atoms with van der Waals surface area (Å²) >= 11 is 0. The van der Waals surface area contributed by atoms with Crippen molar-refractivity contribution in [1.29, 1.82) is 0 Å². The van der Waals surface area contributed by atoms with Gasteiger partial charge in [-0.05, 0) is 44.6 Å². The van der Waals surface area contributed by atoms with E-state index < -0.39 is 0 Å². The molecule has 0 saturated carbocycles. The molecule has 0 bridgehead atoms. The van der Waals surface area contributed by atoms with E-state index in [1.807, 2.05) is 0 Å². The molecule has 2 aliphatic heterocycles. The molecule has 3 nitrogen and oxygen atoms in total. The van der Waals surface area contributed by atoms with Gasteiger partial charge in [0.1, 0.15) is 0 Å². The lowest BCUT2D eigenvalue weighted by molar-refractivity contribution is -0.169. The predicted molar refractivity (Wildman–Crippen MR) is 55.1 cm³/mol. The van der Waals surface area contributed by atoms with Crippen LogP contribution in [0.15, 0.2) is 0 Å². The van der Waals surface area contributed by atoms with Crippen LogP contribution in [0.25, 0.3) is 0 Å². The summed E-state index contributed by atoms with van der Waals surface area (Å²) in [6, 6.07) is 0. The largest absolute Gasteiger partial charge is 0.353 e. The fourth-order valence-corrected chi connectivity index (χ4v) is 2.15. The van der Waals surface area contributed by atoms with Crippen molar-refractivity contribution in [3.05, 3.63) is 0 Å². The molecule has 2 heterocycles. The molecule has 3 heteroatoms. The van der Waals surface area contributed by atoms with Crippen molar-refractivity contribution in [2.75, 3.05) is 26.3 Å². The zero-order valence-electron chi connectivity index (χ0n) is 8.84. The monoisotopic (exact) mass is 199 g/mol. The maximum absolute atomic E-state index is 5.76. The second kappa shape index (κ2) is 5.69. The Bertz CT molecular complexity index is 133. The molecule has 0 amide bonds. The van der Waals surface area contributed by atoms with Crippen molar-refractivity contribution in [2.24, 2.45) is 5.92 Å². The van der Waals surface area contributed by atoms with Crippen LogP contribution in [0.4, 0.5) is 0 Å². The highest BCUT2D eigenvalue weighted by Crippen LogP contribution is 2.16. The maximum atomic E-state index is 5.76. The lowest BCUT2D eigenvalue weighted by atomic mass is 10.0. The van der Waals surface area contributed by atoms with Gasteiger partial charge >= 0.3 is 0 Å². The van der Waals surface area contributed by atoms with Gasteiger partial charge in [0.2, 0.25) is 0 Å². The van der Waals surface area contributed by atoms with Crippen molar-refractivity contribution in [3.8, 4) is 0 Å². The third-order valence-electron chi connectivity index (χ3n) is 3.05. The van der Waals surface area contributed by atoms with Crippen LogP contribution in [-0.2, 0) is 9.47 Å². The van der Waals surface area contributed by atoms with Gasteiger partial charge in [-0.2, -0.15) is 0 Å². The molecule has 0 aromatic heterocycles. The average Bonchev–Trinajstić information content (AvgIpc) is 2.29. The summed E-state index contributed by atoms with van der Waals surface area (Å²) < 4.78 is 11.3. The summed E-state index contributed by atoms with van der Waals surface area (Å²) in [6.45, 7) is 4.05. The molecule has 2 atom stereocenters. The Hall–Kier alpha value is -0.120. The van der Waals surface area contributed by atoms with Gasteiger partial charge in [-0.15, -0.1) is 0 Å². The quantitative estimate of drug-likeness (QED) is 0.747. The first-order valence-corrected chi connectivity index (χ1v) is 5.89. The van der Waals surface area contributed by atoms with Crippen LogP contribution in [0.5, 0.6) is 0 Å². The topological polar surface area (TPSA) is 30.5 Å². The molecule has 2 unspecified atom stereocenters. The van der Waals surface area contributed by atoms with E-state index in [0.29, 0.717) is 5.92 Å². The van der Waals surface area contributed by atoms with E-state index in [1.54, 1.807) is 0 Å². The molecule has 82 valence electrons. The molecule has 1 N–H and O–H groups in total. The molecule has 0 aliphatic carbocycles. The predicted octanol–water partition coefficient (Wildman–Crippen LogP) is 1.53. The SMILES string of the molecule is C1CCC(OCC2CCCNC2)OC1. The zero-order chi connectivity index (χ0) is 9.64. The Morgan fingerprint density at radius 3 is 2.93 bits per heavy atom. The van der Waals surface area contributed by atoms with Crippen LogP contribution in [0.2, 0.25) is 0 Å². The number of hydrogen-bond acceptors (Lipinski definition) is 3. The van der Waals surface area contributed by atoms with E-state index in [-0.39, 0.29) is 6.29 Å². The molecule has 0 aromatic rings. The van der Waals surface area contributed by atoms with Gasteiger partial charge in [-0.25, -0.2) is 0 Å². The minimum absolute atomic E-state index is 0.0886. The van der Waals surface area contributed by atoms with Crippen LogP contribution in [-0.4, -0.2) is 32.6 Å². The van der Waals surface area contributed by atoms with Gasteiger partial charge in [0, 0.05) is 13.2 Å². The van der Waals surface area contributed by atoms with E-state index in [4.69, 9.17) is 9.47 Å². The summed E-state index contributed by atoms with van der Waals surface area (Å²) in [6.07, 6.45) is 6.23. The molecule has 0 aromatic carbocycles. The first-order valence-electron chi connectivity index (χ1n) is 5.89. The number of rotatable bonds is 3. The zero-order valence-corrected chi connectivity index (χ0v) is 8.84. The summed E-state index contributed by atoms with van der Waals surface area (Å²) in [5.74, 6) is 0.703. The van der Waals surface area contributed by atoms with Crippen molar-refractivity contribution in [3.63, 3.8) is 0 Å². The molecular weight excluding hydrogens is 178 g/mol. The second-order valence-electron chi connectivity index (χ2n) is 4.34. The number of nitrogens with one attached hydrogen (secondary N) is 1. The fourth-order valence-electron chi connectivity index (χ4n) is 2.15. The van der Waals surface area contributed by atoms with E-state index in [0.717, 1.165) is 26.2 Å². The van der Waals surface area contributed by atoms with Crippen LogP contribution in [0.1, 0.15) is 32.1 Å². The van der Waals surface area contributed by atoms with Gasteiger partial charge < -0.3 is 14.8 Å². The van der Waals surface area contributed by atoms with Gasteiger partial charge in [0.05, 0.1) is 6.61 Å². The maximum Gasteiger partial charge on any atom is 0.157 e. The van der Waals surface area contributed by atoms with Crippen molar-refractivity contribution in [1.82, 2.24) is 5.32 Å². The average molecular weight is 199 g/mol. The van der Waals surface area contributed by atoms with Crippen LogP contribution in [0, 0.1) is 5.92 Å². The van der Waals surface area contributed by atoms with Crippen LogP contribution >= 0.6 is 0 Å². The number of piperidine rings is 1. The minimum Gasteiger partial charge on any atom is -0.353 e. The number of ether oxygens (including phenoxy) is 2. The van der Waals surface area contributed by atoms with E-state index >= 15 is 0 Å². The Morgan fingerprint density at radius 2 is 2.21 bits per heavy atom.